The second-order valence-electron chi connectivity index (χ2n) is 4.68. The van der Waals surface area contributed by atoms with E-state index in [1.54, 1.807) is 6.07 Å². The first kappa shape index (κ1) is 15.2. The van der Waals surface area contributed by atoms with Crippen LogP contribution in [0.25, 0.3) is 22.4 Å². The summed E-state index contributed by atoms with van der Waals surface area (Å²) < 4.78 is 0. The smallest absolute Gasteiger partial charge is 0.161 e. The summed E-state index contributed by atoms with van der Waals surface area (Å²) in [6, 6.07) is 11.4. The number of aromatic nitrogens is 3. The fourth-order valence-electron chi connectivity index (χ4n) is 2.28. The van der Waals surface area contributed by atoms with E-state index in [9.17, 15) is 0 Å². The molecule has 0 amide bonds. The van der Waals surface area contributed by atoms with E-state index in [1.165, 1.54) is 6.20 Å². The predicted octanol–water partition coefficient (Wildman–Crippen LogP) is 5.47. The van der Waals surface area contributed by atoms with Gasteiger partial charge in [-0.15, -0.1) is 5.10 Å². The quantitative estimate of drug-likeness (QED) is 0.614. The zero-order chi connectivity index (χ0) is 15.7. The maximum absolute atomic E-state index is 6.29. The van der Waals surface area contributed by atoms with Crippen molar-refractivity contribution in [3.8, 4) is 22.4 Å². The summed E-state index contributed by atoms with van der Waals surface area (Å²) in [5.74, 6) is 0. The van der Waals surface area contributed by atoms with E-state index in [0.29, 0.717) is 21.3 Å². The second-order valence-corrected chi connectivity index (χ2v) is 5.88. The minimum atomic E-state index is 0.251. The number of pyridine rings is 1. The molecular formula is C16H10Cl3N3. The van der Waals surface area contributed by atoms with Crippen LogP contribution in [0.5, 0.6) is 0 Å². The Balaban J connectivity index is 2.34. The van der Waals surface area contributed by atoms with Crippen molar-refractivity contribution >= 4 is 34.8 Å². The molecule has 0 N–H and O–H groups in total. The number of nitrogens with zero attached hydrogens (tertiary/aromatic N) is 3. The normalized spacial score (nSPS) is 10.7. The molecule has 2 aromatic heterocycles. The second kappa shape index (κ2) is 6.21. The van der Waals surface area contributed by atoms with E-state index >= 15 is 0 Å². The van der Waals surface area contributed by atoms with Crippen molar-refractivity contribution in [2.45, 2.75) is 6.92 Å². The summed E-state index contributed by atoms with van der Waals surface area (Å²) >= 11 is 18.5. The highest BCUT2D eigenvalue weighted by Gasteiger charge is 2.20. The van der Waals surface area contributed by atoms with E-state index in [0.717, 1.165) is 16.8 Å². The fourth-order valence-corrected chi connectivity index (χ4v) is 2.97. The Bertz CT molecular complexity index is 836. The number of hydrogen-bond donors (Lipinski definition) is 0. The molecule has 0 unspecified atom stereocenters. The van der Waals surface area contributed by atoms with E-state index in [4.69, 9.17) is 34.8 Å². The number of rotatable bonds is 2. The van der Waals surface area contributed by atoms with Gasteiger partial charge < -0.3 is 0 Å². The molecule has 3 nitrogen and oxygen atoms in total. The Morgan fingerprint density at radius 1 is 0.909 bits per heavy atom. The van der Waals surface area contributed by atoms with Crippen molar-refractivity contribution in [1.29, 1.82) is 0 Å². The third kappa shape index (κ3) is 2.80. The van der Waals surface area contributed by atoms with Crippen LogP contribution in [-0.4, -0.2) is 15.2 Å². The van der Waals surface area contributed by atoms with Crippen molar-refractivity contribution in [2.75, 3.05) is 0 Å². The maximum atomic E-state index is 6.29. The molecule has 0 spiro atoms. The minimum absolute atomic E-state index is 0.251. The highest BCUT2D eigenvalue weighted by atomic mass is 35.5. The highest BCUT2D eigenvalue weighted by molar-refractivity contribution is 6.37. The fraction of sp³-hybridized carbons (Fsp3) is 0.0625. The van der Waals surface area contributed by atoms with Crippen LogP contribution in [0.1, 0.15) is 5.69 Å². The van der Waals surface area contributed by atoms with Crippen molar-refractivity contribution in [2.24, 2.45) is 0 Å². The topological polar surface area (TPSA) is 38.7 Å². The average molecular weight is 351 g/mol. The molecule has 0 aliphatic carbocycles. The molecular weight excluding hydrogens is 341 g/mol. The van der Waals surface area contributed by atoms with E-state index in [-0.39, 0.29) is 5.15 Å². The predicted molar refractivity (Wildman–Crippen MR) is 90.5 cm³/mol. The summed E-state index contributed by atoms with van der Waals surface area (Å²) in [5, 5.41) is 9.23. The Hall–Kier alpha value is -1.68. The summed E-state index contributed by atoms with van der Waals surface area (Å²) in [4.78, 5) is 4.32. The monoisotopic (exact) mass is 349 g/mol. The minimum Gasteiger partial charge on any atom is -0.253 e. The largest absolute Gasteiger partial charge is 0.253 e. The van der Waals surface area contributed by atoms with Crippen LogP contribution in [0, 0.1) is 6.92 Å². The van der Waals surface area contributed by atoms with Crippen LogP contribution < -0.4 is 0 Å². The van der Waals surface area contributed by atoms with Gasteiger partial charge in [0, 0.05) is 11.8 Å². The molecule has 2 heterocycles. The molecule has 0 saturated carbocycles. The molecule has 6 heteroatoms. The van der Waals surface area contributed by atoms with Gasteiger partial charge in [0.25, 0.3) is 0 Å². The molecule has 0 saturated heterocycles. The first-order valence-electron chi connectivity index (χ1n) is 6.47. The van der Waals surface area contributed by atoms with Gasteiger partial charge in [-0.25, -0.2) is 0 Å². The molecule has 1 aromatic carbocycles. The highest BCUT2D eigenvalue weighted by Crippen LogP contribution is 2.40. The van der Waals surface area contributed by atoms with Crippen molar-refractivity contribution < 1.29 is 0 Å². The summed E-state index contributed by atoms with van der Waals surface area (Å²) in [6.07, 6.45) is 1.53. The Morgan fingerprint density at radius 3 is 2.32 bits per heavy atom. The van der Waals surface area contributed by atoms with Crippen LogP contribution in [0.2, 0.25) is 15.2 Å². The van der Waals surface area contributed by atoms with Gasteiger partial charge >= 0.3 is 0 Å². The number of hydrogen-bond acceptors (Lipinski definition) is 3. The van der Waals surface area contributed by atoms with Crippen LogP contribution in [0.15, 0.2) is 42.6 Å². The van der Waals surface area contributed by atoms with Crippen LogP contribution in [0.4, 0.5) is 0 Å². The number of aryl methyl sites for hydroxylation is 1. The summed E-state index contributed by atoms with van der Waals surface area (Å²) in [5.41, 5.74) is 3.77. The number of benzene rings is 1. The van der Waals surface area contributed by atoms with Crippen LogP contribution in [-0.2, 0) is 0 Å². The third-order valence-corrected chi connectivity index (χ3v) is 3.97. The zero-order valence-corrected chi connectivity index (χ0v) is 13.8. The van der Waals surface area contributed by atoms with E-state index in [2.05, 4.69) is 15.2 Å². The molecule has 0 atom stereocenters. The molecule has 0 aliphatic heterocycles. The maximum Gasteiger partial charge on any atom is 0.161 e. The van der Waals surface area contributed by atoms with Gasteiger partial charge in [-0.3, -0.25) is 4.98 Å². The van der Waals surface area contributed by atoms with Crippen LogP contribution >= 0.6 is 34.8 Å². The third-order valence-electron chi connectivity index (χ3n) is 3.21. The lowest BCUT2D eigenvalue weighted by Gasteiger charge is -2.13. The van der Waals surface area contributed by atoms with Gasteiger partial charge in [-0.2, -0.15) is 5.10 Å². The SMILES string of the molecule is Cc1nnc(Cl)c(-c2ncc(Cl)cc2Cl)c1-c1ccccc1. The van der Waals surface area contributed by atoms with E-state index < -0.39 is 0 Å². The van der Waals surface area contributed by atoms with Gasteiger partial charge in [0.15, 0.2) is 5.15 Å². The lowest BCUT2D eigenvalue weighted by molar-refractivity contribution is 0.984. The zero-order valence-electron chi connectivity index (χ0n) is 11.5. The molecule has 0 radical (unpaired) electrons. The Morgan fingerprint density at radius 2 is 1.64 bits per heavy atom. The summed E-state index contributed by atoms with van der Waals surface area (Å²) in [7, 11) is 0. The van der Waals surface area contributed by atoms with Gasteiger partial charge in [-0.1, -0.05) is 65.1 Å². The molecule has 110 valence electrons. The van der Waals surface area contributed by atoms with Crippen LogP contribution in [0.3, 0.4) is 0 Å². The average Bonchev–Trinajstić information content (AvgIpc) is 2.51. The molecule has 3 aromatic rings. The lowest BCUT2D eigenvalue weighted by Crippen LogP contribution is -1.99. The van der Waals surface area contributed by atoms with Gasteiger partial charge in [-0.05, 0) is 18.6 Å². The first-order chi connectivity index (χ1) is 10.6. The molecule has 0 bridgehead atoms. The van der Waals surface area contributed by atoms with Gasteiger partial charge in [0.2, 0.25) is 0 Å². The molecule has 22 heavy (non-hydrogen) atoms. The van der Waals surface area contributed by atoms with Crippen molar-refractivity contribution in [3.63, 3.8) is 0 Å². The van der Waals surface area contributed by atoms with Crippen molar-refractivity contribution in [1.82, 2.24) is 15.2 Å². The van der Waals surface area contributed by atoms with Gasteiger partial charge in [0.1, 0.15) is 0 Å². The molecule has 0 aliphatic rings. The molecule has 0 fully saturated rings. The van der Waals surface area contributed by atoms with Crippen molar-refractivity contribution in [3.05, 3.63) is 63.5 Å². The Kier molecular flexibility index (Phi) is 4.30. The van der Waals surface area contributed by atoms with E-state index in [1.807, 2.05) is 37.3 Å². The standard InChI is InChI=1S/C16H10Cl3N3/c1-9-13(10-5-3-2-4-6-10)14(16(19)22-21-9)15-12(18)7-11(17)8-20-15/h2-8H,1H3. The molecule has 3 rings (SSSR count). The van der Waals surface area contributed by atoms with Gasteiger partial charge in [0.05, 0.1) is 27.0 Å². The lowest BCUT2D eigenvalue weighted by atomic mass is 9.97. The Labute approximate surface area is 142 Å². The summed E-state index contributed by atoms with van der Waals surface area (Å²) in [6.45, 7) is 1.87. The first-order valence-corrected chi connectivity index (χ1v) is 7.61. The number of halogens is 3.